The van der Waals surface area contributed by atoms with Gasteiger partial charge in [-0.05, 0) is 43.6 Å². The van der Waals surface area contributed by atoms with Crippen LogP contribution < -0.4 is 5.32 Å². The predicted octanol–water partition coefficient (Wildman–Crippen LogP) is 3.24. The molecule has 84 valence electrons. The highest BCUT2D eigenvalue weighted by Crippen LogP contribution is 2.15. The highest BCUT2D eigenvalue weighted by Gasteiger charge is 2.00. The van der Waals surface area contributed by atoms with Gasteiger partial charge in [-0.15, -0.1) is 11.6 Å². The highest BCUT2D eigenvalue weighted by atomic mass is 35.5. The minimum absolute atomic E-state index is 0.188. The van der Waals surface area contributed by atoms with Crippen molar-refractivity contribution in [3.8, 4) is 0 Å². The Balaban J connectivity index is 2.28. The Hall–Kier alpha value is -0.310. The minimum atomic E-state index is -0.365. The summed E-state index contributed by atoms with van der Waals surface area (Å²) in [6.07, 6.45) is 1.81. The van der Waals surface area contributed by atoms with Crippen LogP contribution in [0.5, 0.6) is 0 Å². The molecule has 4 heteroatoms. The maximum atomic E-state index is 12.8. The Morgan fingerprint density at radius 1 is 1.27 bits per heavy atom. The third-order valence-electron chi connectivity index (χ3n) is 2.06. The third-order valence-corrected chi connectivity index (χ3v) is 2.62. The molecule has 15 heavy (non-hydrogen) atoms. The minimum Gasteiger partial charge on any atom is -0.316 e. The van der Waals surface area contributed by atoms with Crippen molar-refractivity contribution >= 4 is 23.2 Å². The molecule has 0 radical (unpaired) electrons. The summed E-state index contributed by atoms with van der Waals surface area (Å²) < 4.78 is 12.8. The molecule has 0 unspecified atom stereocenters. The van der Waals surface area contributed by atoms with Crippen molar-refractivity contribution in [1.82, 2.24) is 5.32 Å². The summed E-state index contributed by atoms with van der Waals surface area (Å²) in [4.78, 5) is 0. The van der Waals surface area contributed by atoms with E-state index in [1.807, 2.05) is 0 Å². The van der Waals surface area contributed by atoms with Gasteiger partial charge in [0, 0.05) is 5.88 Å². The molecule has 0 atom stereocenters. The zero-order valence-corrected chi connectivity index (χ0v) is 9.91. The van der Waals surface area contributed by atoms with E-state index < -0.39 is 0 Å². The standard InChI is InChI=1S/C11H14Cl2FN/c12-5-1-6-15-7-4-9-2-3-11(14)10(13)8-9/h2-3,8,15H,1,4-7H2. The Morgan fingerprint density at radius 3 is 2.73 bits per heavy atom. The third kappa shape index (κ3) is 4.83. The summed E-state index contributed by atoms with van der Waals surface area (Å²) >= 11 is 11.2. The number of alkyl halides is 1. The molecule has 0 aliphatic rings. The molecule has 0 fully saturated rings. The summed E-state index contributed by atoms with van der Waals surface area (Å²) in [5.74, 6) is 0.311. The van der Waals surface area contributed by atoms with Crippen LogP contribution in [0.15, 0.2) is 18.2 Å². The lowest BCUT2D eigenvalue weighted by Gasteiger charge is -2.04. The maximum Gasteiger partial charge on any atom is 0.141 e. The number of hydrogen-bond acceptors (Lipinski definition) is 1. The maximum absolute atomic E-state index is 12.8. The molecule has 0 aliphatic carbocycles. The zero-order valence-electron chi connectivity index (χ0n) is 8.40. The molecule has 0 amide bonds. The smallest absolute Gasteiger partial charge is 0.141 e. The van der Waals surface area contributed by atoms with Crippen molar-refractivity contribution in [1.29, 1.82) is 0 Å². The van der Waals surface area contributed by atoms with Crippen LogP contribution in [0.1, 0.15) is 12.0 Å². The Kier molecular flexibility index (Phi) is 5.99. The molecule has 0 spiro atoms. The van der Waals surface area contributed by atoms with Gasteiger partial charge in [0.15, 0.2) is 0 Å². The molecule has 0 saturated carbocycles. The second kappa shape index (κ2) is 7.04. The second-order valence-corrected chi connectivity index (χ2v) is 4.08. The van der Waals surface area contributed by atoms with Crippen LogP contribution in [0.3, 0.4) is 0 Å². The van der Waals surface area contributed by atoms with Crippen molar-refractivity contribution in [3.05, 3.63) is 34.6 Å². The van der Waals surface area contributed by atoms with Gasteiger partial charge in [0.05, 0.1) is 5.02 Å². The van der Waals surface area contributed by atoms with Crippen molar-refractivity contribution in [3.63, 3.8) is 0 Å². The zero-order chi connectivity index (χ0) is 11.1. The molecule has 0 bridgehead atoms. The molecule has 1 rings (SSSR count). The van der Waals surface area contributed by atoms with E-state index in [0.717, 1.165) is 31.5 Å². The number of hydrogen-bond donors (Lipinski definition) is 1. The first-order valence-corrected chi connectivity index (χ1v) is 5.86. The van der Waals surface area contributed by atoms with E-state index in [-0.39, 0.29) is 10.8 Å². The van der Waals surface area contributed by atoms with E-state index >= 15 is 0 Å². The fraction of sp³-hybridized carbons (Fsp3) is 0.455. The summed E-state index contributed by atoms with van der Waals surface area (Å²) in [5.41, 5.74) is 1.04. The SMILES string of the molecule is Fc1ccc(CCNCCCCl)cc1Cl. The van der Waals surface area contributed by atoms with Gasteiger partial charge in [-0.25, -0.2) is 4.39 Å². The number of halogens is 3. The Bertz CT molecular complexity index is 305. The predicted molar refractivity (Wildman–Crippen MR) is 63.3 cm³/mol. The molecular weight excluding hydrogens is 236 g/mol. The summed E-state index contributed by atoms with van der Waals surface area (Å²) in [6.45, 7) is 1.78. The highest BCUT2D eigenvalue weighted by molar-refractivity contribution is 6.30. The number of rotatable bonds is 6. The fourth-order valence-corrected chi connectivity index (χ4v) is 1.58. The molecule has 0 saturated heterocycles. The molecule has 0 aliphatic heterocycles. The van der Waals surface area contributed by atoms with E-state index in [4.69, 9.17) is 23.2 Å². The monoisotopic (exact) mass is 249 g/mol. The Morgan fingerprint density at radius 2 is 2.07 bits per heavy atom. The van der Waals surface area contributed by atoms with Gasteiger partial charge >= 0.3 is 0 Å². The van der Waals surface area contributed by atoms with Crippen molar-refractivity contribution in [2.75, 3.05) is 19.0 Å². The molecular formula is C11H14Cl2FN. The molecule has 0 aromatic heterocycles. The first-order valence-electron chi connectivity index (χ1n) is 4.94. The van der Waals surface area contributed by atoms with E-state index in [9.17, 15) is 4.39 Å². The molecule has 0 heterocycles. The van der Waals surface area contributed by atoms with E-state index in [1.54, 1.807) is 12.1 Å². The van der Waals surface area contributed by atoms with Crippen molar-refractivity contribution in [2.24, 2.45) is 0 Å². The van der Waals surface area contributed by atoms with E-state index in [1.165, 1.54) is 6.07 Å². The van der Waals surface area contributed by atoms with Gasteiger partial charge in [-0.3, -0.25) is 0 Å². The largest absolute Gasteiger partial charge is 0.316 e. The van der Waals surface area contributed by atoms with Gasteiger partial charge < -0.3 is 5.32 Å². The molecule has 1 aromatic rings. The quantitative estimate of drug-likeness (QED) is 0.603. The van der Waals surface area contributed by atoms with Gasteiger partial charge in [0.2, 0.25) is 0 Å². The second-order valence-electron chi connectivity index (χ2n) is 3.29. The van der Waals surface area contributed by atoms with E-state index in [2.05, 4.69) is 5.32 Å². The lowest BCUT2D eigenvalue weighted by molar-refractivity contribution is 0.626. The van der Waals surface area contributed by atoms with Gasteiger partial charge in [-0.1, -0.05) is 17.7 Å². The lowest BCUT2D eigenvalue weighted by atomic mass is 10.1. The molecule has 1 nitrogen and oxygen atoms in total. The van der Waals surface area contributed by atoms with Crippen LogP contribution in [0.2, 0.25) is 5.02 Å². The topological polar surface area (TPSA) is 12.0 Å². The van der Waals surface area contributed by atoms with Crippen LogP contribution in [-0.4, -0.2) is 19.0 Å². The fourth-order valence-electron chi connectivity index (χ4n) is 1.24. The van der Waals surface area contributed by atoms with Gasteiger partial charge in [0.25, 0.3) is 0 Å². The first kappa shape index (κ1) is 12.8. The van der Waals surface area contributed by atoms with E-state index in [0.29, 0.717) is 5.88 Å². The number of nitrogens with one attached hydrogen (secondary N) is 1. The summed E-state index contributed by atoms with van der Waals surface area (Å²) in [6, 6.07) is 4.82. The molecule has 1 N–H and O–H groups in total. The van der Waals surface area contributed by atoms with Gasteiger partial charge in [0.1, 0.15) is 5.82 Å². The van der Waals surface area contributed by atoms with Crippen LogP contribution in [0, 0.1) is 5.82 Å². The lowest BCUT2D eigenvalue weighted by Crippen LogP contribution is -2.18. The number of benzene rings is 1. The summed E-state index contributed by atoms with van der Waals surface area (Å²) in [7, 11) is 0. The van der Waals surface area contributed by atoms with Crippen molar-refractivity contribution in [2.45, 2.75) is 12.8 Å². The first-order chi connectivity index (χ1) is 7.24. The average molecular weight is 250 g/mol. The van der Waals surface area contributed by atoms with Crippen molar-refractivity contribution < 1.29 is 4.39 Å². The normalized spacial score (nSPS) is 10.6. The van der Waals surface area contributed by atoms with Crippen LogP contribution in [0.25, 0.3) is 0 Å². The van der Waals surface area contributed by atoms with Crippen LogP contribution in [-0.2, 0) is 6.42 Å². The average Bonchev–Trinajstić information content (AvgIpc) is 2.23. The van der Waals surface area contributed by atoms with Crippen LogP contribution >= 0.6 is 23.2 Å². The molecule has 1 aromatic carbocycles. The van der Waals surface area contributed by atoms with Gasteiger partial charge in [-0.2, -0.15) is 0 Å². The van der Waals surface area contributed by atoms with Crippen LogP contribution in [0.4, 0.5) is 4.39 Å². The summed E-state index contributed by atoms with van der Waals surface area (Å²) in [5, 5.41) is 3.44. The Labute approximate surface area is 99.6 Å².